The van der Waals surface area contributed by atoms with Gasteiger partial charge in [0.05, 0.1) is 0 Å². The van der Waals surface area contributed by atoms with E-state index in [1.54, 1.807) is 0 Å². The van der Waals surface area contributed by atoms with Crippen LogP contribution >= 0.6 is 0 Å². The van der Waals surface area contributed by atoms with Crippen LogP contribution in [0.5, 0.6) is 0 Å². The minimum atomic E-state index is -0.162. The molecule has 1 nitrogen and oxygen atoms in total. The minimum Gasteiger partial charge on any atom is -0.307 e. The highest BCUT2D eigenvalue weighted by Gasteiger charge is 2.27. The van der Waals surface area contributed by atoms with Gasteiger partial charge in [0, 0.05) is 12.1 Å². The number of hydrogen-bond donors (Lipinski definition) is 1. The summed E-state index contributed by atoms with van der Waals surface area (Å²) in [5, 5.41) is 3.67. The number of hydrogen-bond acceptors (Lipinski definition) is 1. The van der Waals surface area contributed by atoms with Crippen LogP contribution in [0.3, 0.4) is 0 Å². The van der Waals surface area contributed by atoms with Gasteiger partial charge in [-0.25, -0.2) is 4.39 Å². The van der Waals surface area contributed by atoms with Crippen molar-refractivity contribution in [2.45, 2.75) is 58.5 Å². The van der Waals surface area contributed by atoms with Crippen LogP contribution in [0.1, 0.15) is 58.1 Å². The summed E-state index contributed by atoms with van der Waals surface area (Å²) in [7, 11) is 0. The van der Waals surface area contributed by atoms with Crippen molar-refractivity contribution in [1.29, 1.82) is 0 Å². The third kappa shape index (κ3) is 3.55. The van der Waals surface area contributed by atoms with Crippen molar-refractivity contribution in [2.75, 3.05) is 0 Å². The Morgan fingerprint density at radius 3 is 2.28 bits per heavy atom. The summed E-state index contributed by atoms with van der Waals surface area (Å²) >= 11 is 0. The number of rotatable bonds is 3. The molecule has 0 radical (unpaired) electrons. The molecule has 1 fully saturated rings. The normalized spacial score (nSPS) is 21.8. The van der Waals surface area contributed by atoms with Gasteiger partial charge in [0.2, 0.25) is 0 Å². The summed E-state index contributed by atoms with van der Waals surface area (Å²) < 4.78 is 12.9. The average Bonchev–Trinajstić information content (AvgIpc) is 2.33. The molecule has 0 heterocycles. The van der Waals surface area contributed by atoms with E-state index in [9.17, 15) is 4.39 Å². The van der Waals surface area contributed by atoms with Crippen LogP contribution in [0, 0.1) is 11.2 Å². The van der Waals surface area contributed by atoms with E-state index >= 15 is 0 Å². The molecular weight excluding hydrogens is 225 g/mol. The summed E-state index contributed by atoms with van der Waals surface area (Å²) in [6.45, 7) is 6.87. The maximum absolute atomic E-state index is 12.9. The molecule has 18 heavy (non-hydrogen) atoms. The Bertz CT molecular complexity index is 373. The molecule has 0 amide bonds. The number of halogens is 1. The zero-order valence-electron chi connectivity index (χ0n) is 11.7. The van der Waals surface area contributed by atoms with Crippen LogP contribution in [0.2, 0.25) is 0 Å². The molecule has 1 saturated carbocycles. The predicted molar refractivity (Wildman–Crippen MR) is 74.0 cm³/mol. The van der Waals surface area contributed by atoms with E-state index in [-0.39, 0.29) is 5.82 Å². The van der Waals surface area contributed by atoms with Gasteiger partial charge < -0.3 is 5.32 Å². The van der Waals surface area contributed by atoms with Gasteiger partial charge in [-0.1, -0.05) is 26.0 Å². The Kier molecular flexibility index (Phi) is 4.06. The zero-order valence-corrected chi connectivity index (χ0v) is 11.7. The first-order chi connectivity index (χ1) is 8.46. The van der Waals surface area contributed by atoms with Crippen LogP contribution in [-0.2, 0) is 0 Å². The molecule has 1 aromatic rings. The topological polar surface area (TPSA) is 12.0 Å². The fraction of sp³-hybridized carbons (Fsp3) is 0.625. The summed E-state index contributed by atoms with van der Waals surface area (Å²) in [5.74, 6) is -0.162. The Balaban J connectivity index is 1.88. The second kappa shape index (κ2) is 5.40. The van der Waals surface area contributed by atoms with E-state index in [2.05, 4.69) is 26.1 Å². The van der Waals surface area contributed by atoms with Gasteiger partial charge in [-0.3, -0.25) is 0 Å². The Hall–Kier alpha value is -0.890. The molecule has 1 aliphatic carbocycles. The molecule has 1 aromatic carbocycles. The second-order valence-electron chi connectivity index (χ2n) is 6.38. The fourth-order valence-corrected chi connectivity index (χ4v) is 2.77. The van der Waals surface area contributed by atoms with Gasteiger partial charge in [-0.05, 0) is 55.7 Å². The third-order valence-corrected chi connectivity index (χ3v) is 4.19. The molecule has 0 bridgehead atoms. The van der Waals surface area contributed by atoms with Crippen LogP contribution in [0.15, 0.2) is 24.3 Å². The largest absolute Gasteiger partial charge is 0.307 e. The van der Waals surface area contributed by atoms with Gasteiger partial charge in [0.25, 0.3) is 0 Å². The maximum atomic E-state index is 12.9. The van der Waals surface area contributed by atoms with Gasteiger partial charge in [0.15, 0.2) is 0 Å². The fourth-order valence-electron chi connectivity index (χ4n) is 2.77. The lowest BCUT2D eigenvalue weighted by molar-refractivity contribution is 0.200. The smallest absolute Gasteiger partial charge is 0.123 e. The van der Waals surface area contributed by atoms with E-state index in [0.717, 1.165) is 0 Å². The molecule has 0 spiro atoms. The van der Waals surface area contributed by atoms with Crippen LogP contribution in [0.4, 0.5) is 4.39 Å². The standard InChI is InChI=1S/C16H24FN/c1-12(13-4-6-14(17)7-5-13)18-15-8-10-16(2,3)11-9-15/h4-7,12,15,18H,8-11H2,1-3H3/t12-/m0/s1. The lowest BCUT2D eigenvalue weighted by Gasteiger charge is -2.36. The highest BCUT2D eigenvalue weighted by atomic mass is 19.1. The summed E-state index contributed by atoms with van der Waals surface area (Å²) in [6.07, 6.45) is 5.08. The van der Waals surface area contributed by atoms with Gasteiger partial charge in [-0.15, -0.1) is 0 Å². The molecule has 0 aliphatic heterocycles. The van der Waals surface area contributed by atoms with Crippen molar-refractivity contribution >= 4 is 0 Å². The molecule has 0 aromatic heterocycles. The van der Waals surface area contributed by atoms with Crippen LogP contribution < -0.4 is 5.32 Å². The highest BCUT2D eigenvalue weighted by Crippen LogP contribution is 2.35. The first kappa shape index (κ1) is 13.5. The van der Waals surface area contributed by atoms with Crippen molar-refractivity contribution < 1.29 is 4.39 Å². The molecule has 2 heteroatoms. The molecule has 2 rings (SSSR count). The SMILES string of the molecule is C[C@H](NC1CCC(C)(C)CC1)c1ccc(F)cc1. The molecule has 1 atom stereocenters. The van der Waals surface area contributed by atoms with Crippen LogP contribution in [0.25, 0.3) is 0 Å². The number of nitrogens with one attached hydrogen (secondary N) is 1. The van der Waals surface area contributed by atoms with Crippen molar-refractivity contribution in [3.05, 3.63) is 35.6 Å². The van der Waals surface area contributed by atoms with Gasteiger partial charge >= 0.3 is 0 Å². The van der Waals surface area contributed by atoms with E-state index in [1.807, 2.05) is 12.1 Å². The van der Waals surface area contributed by atoms with Gasteiger partial charge in [-0.2, -0.15) is 0 Å². The van der Waals surface area contributed by atoms with Crippen molar-refractivity contribution in [1.82, 2.24) is 5.32 Å². The highest BCUT2D eigenvalue weighted by molar-refractivity contribution is 5.19. The molecule has 100 valence electrons. The number of benzene rings is 1. The zero-order chi connectivity index (χ0) is 13.2. The van der Waals surface area contributed by atoms with Crippen molar-refractivity contribution in [3.8, 4) is 0 Å². The monoisotopic (exact) mass is 249 g/mol. The van der Waals surface area contributed by atoms with Crippen LogP contribution in [-0.4, -0.2) is 6.04 Å². The maximum Gasteiger partial charge on any atom is 0.123 e. The first-order valence-electron chi connectivity index (χ1n) is 6.98. The predicted octanol–water partition coefficient (Wildman–Crippen LogP) is 4.45. The minimum absolute atomic E-state index is 0.162. The van der Waals surface area contributed by atoms with Crippen molar-refractivity contribution in [3.63, 3.8) is 0 Å². The molecular formula is C16H24FN. The van der Waals surface area contributed by atoms with E-state index in [0.29, 0.717) is 17.5 Å². The first-order valence-corrected chi connectivity index (χ1v) is 6.98. The van der Waals surface area contributed by atoms with E-state index in [4.69, 9.17) is 0 Å². The van der Waals surface area contributed by atoms with Gasteiger partial charge in [0.1, 0.15) is 5.82 Å². The third-order valence-electron chi connectivity index (χ3n) is 4.19. The summed E-state index contributed by atoms with van der Waals surface area (Å²) in [5.41, 5.74) is 1.68. The Morgan fingerprint density at radius 1 is 1.17 bits per heavy atom. The molecule has 1 aliphatic rings. The lowest BCUT2D eigenvalue weighted by atomic mass is 9.75. The molecule has 1 N–H and O–H groups in total. The second-order valence-corrected chi connectivity index (χ2v) is 6.38. The summed E-state index contributed by atoms with van der Waals surface area (Å²) in [4.78, 5) is 0. The quantitative estimate of drug-likeness (QED) is 0.834. The van der Waals surface area contributed by atoms with Crippen molar-refractivity contribution in [2.24, 2.45) is 5.41 Å². The molecule has 0 unspecified atom stereocenters. The summed E-state index contributed by atoms with van der Waals surface area (Å²) in [6, 6.07) is 7.74. The molecule has 0 saturated heterocycles. The Morgan fingerprint density at radius 2 is 1.72 bits per heavy atom. The Labute approximate surface area is 110 Å². The average molecular weight is 249 g/mol. The lowest BCUT2D eigenvalue weighted by Crippen LogP contribution is -2.37. The van der Waals surface area contributed by atoms with E-state index < -0.39 is 0 Å². The van der Waals surface area contributed by atoms with E-state index in [1.165, 1.54) is 43.4 Å².